The van der Waals surface area contributed by atoms with Crippen LogP contribution in [0.25, 0.3) is 0 Å². The first kappa shape index (κ1) is 15.4. The van der Waals surface area contributed by atoms with E-state index in [1.54, 1.807) is 0 Å². The Hall–Kier alpha value is -0.610. The van der Waals surface area contributed by atoms with Crippen molar-refractivity contribution in [3.63, 3.8) is 0 Å². The van der Waals surface area contributed by atoms with Gasteiger partial charge in [-0.25, -0.2) is 0 Å². The van der Waals surface area contributed by atoms with Crippen LogP contribution < -0.4 is 11.1 Å². The molecule has 1 fully saturated rings. The molecule has 1 saturated carbocycles. The maximum atomic E-state index is 11.8. The summed E-state index contributed by atoms with van der Waals surface area (Å²) in [4.78, 5) is 11.8. The predicted octanol–water partition coefficient (Wildman–Crippen LogP) is 1.68. The summed E-state index contributed by atoms with van der Waals surface area (Å²) in [5.41, 5.74) is 5.13. The van der Waals surface area contributed by atoms with Gasteiger partial charge in [0.05, 0.1) is 0 Å². The molecule has 0 saturated heterocycles. The summed E-state index contributed by atoms with van der Waals surface area (Å²) in [5, 5.41) is 3.33. The Kier molecular flexibility index (Phi) is 6.09. The van der Waals surface area contributed by atoms with E-state index in [9.17, 15) is 4.79 Å². The van der Waals surface area contributed by atoms with Crippen LogP contribution in [0.1, 0.15) is 46.5 Å². The van der Waals surface area contributed by atoms with E-state index in [0.717, 1.165) is 45.4 Å². The van der Waals surface area contributed by atoms with Gasteiger partial charge in [-0.2, -0.15) is 0 Å². The lowest BCUT2D eigenvalue weighted by Gasteiger charge is -2.33. The van der Waals surface area contributed by atoms with Gasteiger partial charge in [-0.15, -0.1) is 0 Å². The van der Waals surface area contributed by atoms with Gasteiger partial charge in [0.25, 0.3) is 0 Å². The molecule has 0 bridgehead atoms. The molecule has 0 radical (unpaired) electrons. The molecule has 4 nitrogen and oxygen atoms in total. The second-order valence-electron chi connectivity index (χ2n) is 5.71. The van der Waals surface area contributed by atoms with Crippen LogP contribution in [0.3, 0.4) is 0 Å². The van der Waals surface area contributed by atoms with Crippen LogP contribution in [-0.4, -0.2) is 31.2 Å². The van der Waals surface area contributed by atoms with Gasteiger partial charge >= 0.3 is 0 Å². The lowest BCUT2D eigenvalue weighted by molar-refractivity contribution is -0.126. The van der Waals surface area contributed by atoms with E-state index < -0.39 is 5.54 Å². The molecule has 1 aliphatic rings. The number of ether oxygens (including phenoxy) is 1. The molecule has 4 heteroatoms. The van der Waals surface area contributed by atoms with Crippen LogP contribution in [0.4, 0.5) is 0 Å². The molecule has 0 heterocycles. The highest BCUT2D eigenvalue weighted by Crippen LogP contribution is 2.37. The molecule has 3 N–H and O–H groups in total. The van der Waals surface area contributed by atoms with E-state index in [0.29, 0.717) is 11.8 Å². The summed E-state index contributed by atoms with van der Waals surface area (Å²) in [6, 6.07) is 0. The van der Waals surface area contributed by atoms with E-state index in [-0.39, 0.29) is 5.91 Å². The van der Waals surface area contributed by atoms with Crippen molar-refractivity contribution in [2.45, 2.75) is 52.0 Å². The van der Waals surface area contributed by atoms with Crippen LogP contribution in [0.15, 0.2) is 0 Å². The number of hydrogen-bond donors (Lipinski definition) is 2. The molecule has 18 heavy (non-hydrogen) atoms. The molecule has 1 aliphatic carbocycles. The Bertz CT molecular complexity index is 269. The largest absolute Gasteiger partial charge is 0.381 e. The number of nitrogens with two attached hydrogens (primary N) is 1. The number of primary amides is 1. The quantitative estimate of drug-likeness (QED) is 0.649. The number of carbonyl (C=O) groups is 1. The molecule has 2 unspecified atom stereocenters. The minimum Gasteiger partial charge on any atom is -0.381 e. The Labute approximate surface area is 111 Å². The molecule has 0 aromatic heterocycles. The molecule has 2 atom stereocenters. The summed E-state index contributed by atoms with van der Waals surface area (Å²) >= 11 is 0. The third kappa shape index (κ3) is 3.69. The number of likely N-dealkylation sites (N-methyl/N-ethyl adjacent to an activating group) is 1. The van der Waals surface area contributed by atoms with Gasteiger partial charge in [-0.3, -0.25) is 4.79 Å². The van der Waals surface area contributed by atoms with Crippen molar-refractivity contribution >= 4 is 5.91 Å². The Morgan fingerprint density at radius 1 is 1.56 bits per heavy atom. The number of nitrogens with one attached hydrogen (secondary N) is 1. The average molecular weight is 256 g/mol. The topological polar surface area (TPSA) is 64.3 Å². The smallest absolute Gasteiger partial charge is 0.238 e. The number of carbonyl (C=O) groups excluding carboxylic acids is 1. The molecule has 0 aliphatic heterocycles. The Balaban J connectivity index is 2.49. The third-order valence-corrected chi connectivity index (χ3v) is 3.81. The second-order valence-corrected chi connectivity index (χ2v) is 5.71. The molecule has 0 aromatic carbocycles. The van der Waals surface area contributed by atoms with Crippen molar-refractivity contribution in [2.24, 2.45) is 17.6 Å². The Morgan fingerprint density at radius 3 is 2.83 bits per heavy atom. The highest BCUT2D eigenvalue weighted by atomic mass is 16.5. The van der Waals surface area contributed by atoms with E-state index in [2.05, 4.69) is 19.2 Å². The van der Waals surface area contributed by atoms with Gasteiger partial charge in [0.2, 0.25) is 5.91 Å². The summed E-state index contributed by atoms with van der Waals surface area (Å²) in [6.45, 7) is 8.60. The lowest BCUT2D eigenvalue weighted by Crippen LogP contribution is -2.58. The zero-order chi connectivity index (χ0) is 13.6. The van der Waals surface area contributed by atoms with Crippen LogP contribution >= 0.6 is 0 Å². The van der Waals surface area contributed by atoms with Crippen molar-refractivity contribution in [3.8, 4) is 0 Å². The maximum Gasteiger partial charge on any atom is 0.238 e. The lowest BCUT2D eigenvalue weighted by atomic mass is 9.84. The fourth-order valence-electron chi connectivity index (χ4n) is 2.97. The number of amides is 1. The van der Waals surface area contributed by atoms with Crippen LogP contribution in [0.5, 0.6) is 0 Å². The van der Waals surface area contributed by atoms with Gasteiger partial charge in [0, 0.05) is 13.2 Å². The van der Waals surface area contributed by atoms with Crippen molar-refractivity contribution in [1.82, 2.24) is 5.32 Å². The van der Waals surface area contributed by atoms with Crippen LogP contribution in [-0.2, 0) is 9.53 Å². The molecule has 106 valence electrons. The zero-order valence-corrected chi connectivity index (χ0v) is 12.0. The van der Waals surface area contributed by atoms with E-state index in [1.165, 1.54) is 0 Å². The summed E-state index contributed by atoms with van der Waals surface area (Å²) in [7, 11) is 0. The molecule has 1 amide bonds. The monoisotopic (exact) mass is 256 g/mol. The summed E-state index contributed by atoms with van der Waals surface area (Å²) in [6.07, 6.45) is 3.93. The first-order valence-electron chi connectivity index (χ1n) is 7.15. The first-order valence-corrected chi connectivity index (χ1v) is 7.15. The molecular weight excluding hydrogens is 228 g/mol. The third-order valence-electron chi connectivity index (χ3n) is 3.81. The van der Waals surface area contributed by atoms with Crippen molar-refractivity contribution < 1.29 is 9.53 Å². The van der Waals surface area contributed by atoms with Crippen molar-refractivity contribution in [1.29, 1.82) is 0 Å². The van der Waals surface area contributed by atoms with Gasteiger partial charge in [0.1, 0.15) is 5.54 Å². The number of hydrogen-bond acceptors (Lipinski definition) is 3. The summed E-state index contributed by atoms with van der Waals surface area (Å²) in [5.74, 6) is 0.682. The molecule has 1 rings (SSSR count). The minimum absolute atomic E-state index is 0.198. The molecule has 0 spiro atoms. The predicted molar refractivity (Wildman–Crippen MR) is 73.2 cm³/mol. The second kappa shape index (κ2) is 7.10. The standard InChI is InChI=1S/C14H28N2O2/c1-4-16-14(13(15)17)8-5-6-12(14)7-9-18-10-11(2)3/h11-12,16H,4-10H2,1-3H3,(H2,15,17). The highest BCUT2D eigenvalue weighted by molar-refractivity contribution is 5.85. The van der Waals surface area contributed by atoms with E-state index in [1.807, 2.05) is 6.92 Å². The first-order chi connectivity index (χ1) is 8.53. The SMILES string of the molecule is CCNC1(C(N)=O)CCCC1CCOCC(C)C. The van der Waals surface area contributed by atoms with E-state index >= 15 is 0 Å². The highest BCUT2D eigenvalue weighted by Gasteiger charge is 2.46. The van der Waals surface area contributed by atoms with Crippen LogP contribution in [0.2, 0.25) is 0 Å². The molecular formula is C14H28N2O2. The van der Waals surface area contributed by atoms with Gasteiger partial charge in [-0.05, 0) is 37.6 Å². The number of rotatable bonds is 8. The Morgan fingerprint density at radius 2 is 2.28 bits per heavy atom. The normalized spacial score (nSPS) is 27.9. The molecule has 0 aromatic rings. The zero-order valence-electron chi connectivity index (χ0n) is 12.0. The van der Waals surface area contributed by atoms with Crippen molar-refractivity contribution in [2.75, 3.05) is 19.8 Å². The average Bonchev–Trinajstić information content (AvgIpc) is 2.69. The van der Waals surface area contributed by atoms with Crippen LogP contribution in [0, 0.1) is 11.8 Å². The summed E-state index contributed by atoms with van der Waals surface area (Å²) < 4.78 is 5.63. The van der Waals surface area contributed by atoms with E-state index in [4.69, 9.17) is 10.5 Å². The van der Waals surface area contributed by atoms with Gasteiger partial charge in [0.15, 0.2) is 0 Å². The fraction of sp³-hybridized carbons (Fsp3) is 0.929. The van der Waals surface area contributed by atoms with Crippen molar-refractivity contribution in [3.05, 3.63) is 0 Å². The maximum absolute atomic E-state index is 11.8. The van der Waals surface area contributed by atoms with Gasteiger partial charge < -0.3 is 15.8 Å². The fourth-order valence-corrected chi connectivity index (χ4v) is 2.97. The minimum atomic E-state index is -0.490. The van der Waals surface area contributed by atoms with Gasteiger partial charge in [-0.1, -0.05) is 27.2 Å².